The summed E-state index contributed by atoms with van der Waals surface area (Å²) in [6, 6.07) is 6.56. The summed E-state index contributed by atoms with van der Waals surface area (Å²) in [6.07, 6.45) is 3.76. The summed E-state index contributed by atoms with van der Waals surface area (Å²) in [5, 5.41) is 0. The van der Waals surface area contributed by atoms with Crippen molar-refractivity contribution in [1.29, 1.82) is 0 Å². The molecule has 1 heterocycles. The van der Waals surface area contributed by atoms with Crippen molar-refractivity contribution in [3.63, 3.8) is 0 Å². The van der Waals surface area contributed by atoms with Crippen LogP contribution < -0.4 is 15.2 Å². The van der Waals surface area contributed by atoms with Crippen LogP contribution in [0.5, 0.6) is 11.5 Å². The molecule has 1 aromatic carbocycles. The largest absolute Gasteiger partial charge is 0.497 e. The third-order valence-corrected chi connectivity index (χ3v) is 3.82. The minimum absolute atomic E-state index is 0.506. The van der Waals surface area contributed by atoms with E-state index in [0.29, 0.717) is 6.04 Å². The summed E-state index contributed by atoms with van der Waals surface area (Å²) in [5.41, 5.74) is 7.09. The number of hydrogen-bond donors (Lipinski definition) is 1. The normalized spacial score (nSPS) is 20.3. The van der Waals surface area contributed by atoms with E-state index < -0.39 is 0 Å². The fourth-order valence-electron chi connectivity index (χ4n) is 2.73. The summed E-state index contributed by atoms with van der Waals surface area (Å²) in [6.45, 7) is 2.78. The van der Waals surface area contributed by atoms with E-state index in [2.05, 4.69) is 17.0 Å². The summed E-state index contributed by atoms with van der Waals surface area (Å²) < 4.78 is 10.6. The van der Waals surface area contributed by atoms with Gasteiger partial charge >= 0.3 is 0 Å². The first kappa shape index (κ1) is 14.2. The number of hydrogen-bond acceptors (Lipinski definition) is 4. The van der Waals surface area contributed by atoms with Gasteiger partial charge in [-0.1, -0.05) is 6.42 Å². The number of ether oxygens (including phenoxy) is 2. The number of nitrogens with two attached hydrogens (primary N) is 1. The Labute approximate surface area is 115 Å². The maximum Gasteiger partial charge on any atom is 0.122 e. The molecule has 1 aromatic rings. The van der Waals surface area contributed by atoms with Crippen molar-refractivity contribution in [2.24, 2.45) is 5.73 Å². The molecule has 0 spiro atoms. The van der Waals surface area contributed by atoms with Crippen LogP contribution in [0.25, 0.3) is 0 Å². The molecule has 0 saturated carbocycles. The standard InChI is InChI=1S/C15H24N2O2/c1-18-14-7-12(8-15(9-14)19-2)11-17-6-4-3-5-13(17)10-16/h7-9,13H,3-6,10-11,16H2,1-2H3. The van der Waals surface area contributed by atoms with E-state index in [1.807, 2.05) is 6.07 Å². The molecule has 1 fully saturated rings. The van der Waals surface area contributed by atoms with Crippen LogP contribution in [0.3, 0.4) is 0 Å². The van der Waals surface area contributed by atoms with E-state index in [0.717, 1.165) is 31.1 Å². The Balaban J connectivity index is 2.12. The highest BCUT2D eigenvalue weighted by Gasteiger charge is 2.21. The predicted octanol–water partition coefficient (Wildman–Crippen LogP) is 2.02. The van der Waals surface area contributed by atoms with Crippen molar-refractivity contribution in [3.8, 4) is 11.5 Å². The molecule has 0 bridgehead atoms. The molecule has 1 aliphatic rings. The minimum atomic E-state index is 0.506. The van der Waals surface area contributed by atoms with Gasteiger partial charge in [0.2, 0.25) is 0 Å². The van der Waals surface area contributed by atoms with Crippen LogP contribution in [0.2, 0.25) is 0 Å². The molecule has 0 radical (unpaired) electrons. The van der Waals surface area contributed by atoms with Crippen LogP contribution >= 0.6 is 0 Å². The maximum absolute atomic E-state index is 5.87. The van der Waals surface area contributed by atoms with Gasteiger partial charge < -0.3 is 15.2 Å². The van der Waals surface area contributed by atoms with Gasteiger partial charge in [0.05, 0.1) is 14.2 Å². The lowest BCUT2D eigenvalue weighted by molar-refractivity contribution is 0.144. The second-order valence-corrected chi connectivity index (χ2v) is 5.08. The first-order chi connectivity index (χ1) is 9.26. The molecule has 1 aliphatic heterocycles. The van der Waals surface area contributed by atoms with Gasteiger partial charge in [0, 0.05) is 25.2 Å². The molecule has 1 unspecified atom stereocenters. The Morgan fingerprint density at radius 3 is 2.42 bits per heavy atom. The summed E-state index contributed by atoms with van der Waals surface area (Å²) in [7, 11) is 3.37. The van der Waals surface area contributed by atoms with Gasteiger partial charge in [-0.25, -0.2) is 0 Å². The van der Waals surface area contributed by atoms with Crippen LogP contribution in [0.15, 0.2) is 18.2 Å². The highest BCUT2D eigenvalue weighted by atomic mass is 16.5. The second kappa shape index (κ2) is 6.78. The molecule has 19 heavy (non-hydrogen) atoms. The average Bonchev–Trinajstić information content (AvgIpc) is 2.47. The smallest absolute Gasteiger partial charge is 0.122 e. The van der Waals surface area contributed by atoms with Crippen LogP contribution in [0, 0.1) is 0 Å². The third-order valence-electron chi connectivity index (χ3n) is 3.82. The SMILES string of the molecule is COc1cc(CN2CCCCC2CN)cc(OC)c1. The zero-order valence-corrected chi connectivity index (χ0v) is 11.9. The third kappa shape index (κ3) is 3.61. The monoisotopic (exact) mass is 264 g/mol. The molecule has 0 aliphatic carbocycles. The summed E-state index contributed by atoms with van der Waals surface area (Å²) in [5.74, 6) is 1.69. The fourth-order valence-corrected chi connectivity index (χ4v) is 2.73. The topological polar surface area (TPSA) is 47.7 Å². The van der Waals surface area contributed by atoms with Crippen LogP contribution in [-0.2, 0) is 6.54 Å². The van der Waals surface area contributed by atoms with Crippen LogP contribution in [0.4, 0.5) is 0 Å². The highest BCUT2D eigenvalue weighted by Crippen LogP contribution is 2.25. The molecule has 2 rings (SSSR count). The highest BCUT2D eigenvalue weighted by molar-refractivity contribution is 5.38. The number of piperidine rings is 1. The van der Waals surface area contributed by atoms with Gasteiger partial charge in [-0.2, -0.15) is 0 Å². The average molecular weight is 264 g/mol. The Hall–Kier alpha value is -1.26. The van der Waals surface area contributed by atoms with E-state index >= 15 is 0 Å². The van der Waals surface area contributed by atoms with E-state index in [1.165, 1.54) is 24.8 Å². The Kier molecular flexibility index (Phi) is 5.05. The summed E-state index contributed by atoms with van der Waals surface area (Å²) in [4.78, 5) is 2.47. The van der Waals surface area contributed by atoms with E-state index in [-0.39, 0.29) is 0 Å². The Bertz CT molecular complexity index is 387. The quantitative estimate of drug-likeness (QED) is 0.884. The molecule has 0 amide bonds. The first-order valence-corrected chi connectivity index (χ1v) is 6.93. The lowest BCUT2D eigenvalue weighted by Crippen LogP contribution is -2.43. The van der Waals surface area contributed by atoms with E-state index in [9.17, 15) is 0 Å². The zero-order valence-electron chi connectivity index (χ0n) is 11.9. The van der Waals surface area contributed by atoms with Crippen molar-refractivity contribution in [1.82, 2.24) is 4.90 Å². The van der Waals surface area contributed by atoms with Gasteiger partial charge in [0.25, 0.3) is 0 Å². The van der Waals surface area contributed by atoms with Crippen molar-refractivity contribution >= 4 is 0 Å². The van der Waals surface area contributed by atoms with Crippen molar-refractivity contribution in [2.45, 2.75) is 31.8 Å². The predicted molar refractivity (Wildman–Crippen MR) is 76.6 cm³/mol. The van der Waals surface area contributed by atoms with Crippen LogP contribution in [0.1, 0.15) is 24.8 Å². The summed E-state index contributed by atoms with van der Waals surface area (Å²) >= 11 is 0. The molecule has 4 heteroatoms. The van der Waals surface area contributed by atoms with Gasteiger partial charge in [0.1, 0.15) is 11.5 Å². The Morgan fingerprint density at radius 1 is 1.16 bits per heavy atom. The number of likely N-dealkylation sites (tertiary alicyclic amines) is 1. The van der Waals surface area contributed by atoms with E-state index in [4.69, 9.17) is 15.2 Å². The van der Waals surface area contributed by atoms with Gasteiger partial charge in [-0.3, -0.25) is 4.90 Å². The first-order valence-electron chi connectivity index (χ1n) is 6.93. The number of nitrogens with zero attached hydrogens (tertiary/aromatic N) is 1. The van der Waals surface area contributed by atoms with Crippen molar-refractivity contribution < 1.29 is 9.47 Å². The zero-order chi connectivity index (χ0) is 13.7. The second-order valence-electron chi connectivity index (χ2n) is 5.08. The minimum Gasteiger partial charge on any atom is -0.497 e. The lowest BCUT2D eigenvalue weighted by Gasteiger charge is -2.35. The van der Waals surface area contributed by atoms with Crippen LogP contribution in [-0.4, -0.2) is 38.3 Å². The molecule has 4 nitrogen and oxygen atoms in total. The molecule has 1 saturated heterocycles. The maximum atomic E-state index is 5.87. The van der Waals surface area contributed by atoms with Crippen molar-refractivity contribution in [2.75, 3.05) is 27.3 Å². The molecular formula is C15H24N2O2. The number of rotatable bonds is 5. The number of methoxy groups -OCH3 is 2. The molecule has 106 valence electrons. The molecular weight excluding hydrogens is 240 g/mol. The molecule has 0 aromatic heterocycles. The van der Waals surface area contributed by atoms with E-state index in [1.54, 1.807) is 14.2 Å². The molecule has 2 N–H and O–H groups in total. The van der Waals surface area contributed by atoms with Gasteiger partial charge in [0.15, 0.2) is 0 Å². The van der Waals surface area contributed by atoms with Gasteiger partial charge in [-0.05, 0) is 37.1 Å². The lowest BCUT2D eigenvalue weighted by atomic mass is 10.0. The van der Waals surface area contributed by atoms with Crippen molar-refractivity contribution in [3.05, 3.63) is 23.8 Å². The van der Waals surface area contributed by atoms with Gasteiger partial charge in [-0.15, -0.1) is 0 Å². The number of benzene rings is 1. The fraction of sp³-hybridized carbons (Fsp3) is 0.600. The molecule has 1 atom stereocenters. The Morgan fingerprint density at radius 2 is 1.84 bits per heavy atom.